The topological polar surface area (TPSA) is 84.5 Å². The highest BCUT2D eigenvalue weighted by Crippen LogP contribution is 2.23. The van der Waals surface area contributed by atoms with Crippen LogP contribution in [0.25, 0.3) is 0 Å². The Balaban J connectivity index is 1.87. The van der Waals surface area contributed by atoms with Crippen molar-refractivity contribution in [3.8, 4) is 0 Å². The minimum atomic E-state index is -1.05. The van der Waals surface area contributed by atoms with Crippen LogP contribution in [0.1, 0.15) is 49.9 Å². The van der Waals surface area contributed by atoms with Crippen LogP contribution in [-0.2, 0) is 9.53 Å². The van der Waals surface area contributed by atoms with Crippen LogP contribution < -0.4 is 10.6 Å². The van der Waals surface area contributed by atoms with E-state index in [-0.39, 0.29) is 6.04 Å². The third-order valence-electron chi connectivity index (χ3n) is 3.99. The summed E-state index contributed by atoms with van der Waals surface area (Å²) in [4.78, 5) is 37.0. The summed E-state index contributed by atoms with van der Waals surface area (Å²) in [5.74, 6) is -0.387. The highest BCUT2D eigenvalue weighted by atomic mass is 32.2. The molecule has 0 aliphatic heterocycles. The molecule has 1 aliphatic rings. The minimum Gasteiger partial charge on any atom is -0.449 e. The van der Waals surface area contributed by atoms with E-state index in [1.165, 1.54) is 18.7 Å². The molecule has 1 saturated carbocycles. The van der Waals surface area contributed by atoms with Crippen molar-refractivity contribution < 1.29 is 19.1 Å². The molecule has 136 valence electrons. The molecule has 1 atom stereocenters. The van der Waals surface area contributed by atoms with Crippen LogP contribution >= 0.6 is 11.8 Å². The number of rotatable bonds is 6. The molecule has 0 unspecified atom stereocenters. The molecule has 0 aromatic heterocycles. The molecule has 2 rings (SSSR count). The first kappa shape index (κ1) is 19.3. The fraction of sp³-hybridized carbons (Fsp3) is 0.500. The number of hydrogen-bond donors (Lipinski definition) is 2. The Morgan fingerprint density at radius 2 is 1.92 bits per heavy atom. The fourth-order valence-electron chi connectivity index (χ4n) is 2.70. The second kappa shape index (κ2) is 9.46. The maximum atomic E-state index is 12.3. The van der Waals surface area contributed by atoms with Crippen molar-refractivity contribution in [2.45, 2.75) is 56.6 Å². The van der Waals surface area contributed by atoms with Crippen LogP contribution in [0.3, 0.4) is 0 Å². The highest BCUT2D eigenvalue weighted by molar-refractivity contribution is 7.99. The highest BCUT2D eigenvalue weighted by Gasteiger charge is 2.24. The van der Waals surface area contributed by atoms with Crippen molar-refractivity contribution in [2.24, 2.45) is 0 Å². The Morgan fingerprint density at radius 3 is 2.60 bits per heavy atom. The lowest BCUT2D eigenvalue weighted by Crippen LogP contribution is -2.47. The predicted octanol–water partition coefficient (Wildman–Crippen LogP) is 3.11. The number of carbonyl (C=O) groups excluding carboxylic acids is 3. The van der Waals surface area contributed by atoms with E-state index in [2.05, 4.69) is 10.6 Å². The first-order valence-electron chi connectivity index (χ1n) is 8.55. The van der Waals surface area contributed by atoms with Gasteiger partial charge in [0.15, 0.2) is 6.10 Å². The van der Waals surface area contributed by atoms with Crippen molar-refractivity contribution >= 4 is 29.7 Å². The SMILES string of the molecule is CCSc1ccccc1C(=O)O[C@@H](C)C(=O)NC(=O)NC1CCCC1. The van der Waals surface area contributed by atoms with Crippen LogP contribution in [0.15, 0.2) is 29.2 Å². The van der Waals surface area contributed by atoms with E-state index < -0.39 is 24.0 Å². The Hall–Kier alpha value is -2.02. The van der Waals surface area contributed by atoms with E-state index in [1.54, 1.807) is 12.1 Å². The number of carbonyl (C=O) groups is 3. The zero-order valence-electron chi connectivity index (χ0n) is 14.5. The summed E-state index contributed by atoms with van der Waals surface area (Å²) in [5.41, 5.74) is 0.421. The van der Waals surface area contributed by atoms with Crippen molar-refractivity contribution in [1.29, 1.82) is 0 Å². The van der Waals surface area contributed by atoms with Gasteiger partial charge in [0, 0.05) is 10.9 Å². The molecule has 25 heavy (non-hydrogen) atoms. The van der Waals surface area contributed by atoms with E-state index in [9.17, 15) is 14.4 Å². The molecule has 0 spiro atoms. The number of nitrogens with one attached hydrogen (secondary N) is 2. The maximum absolute atomic E-state index is 12.3. The summed E-state index contributed by atoms with van der Waals surface area (Å²) in [7, 11) is 0. The number of benzene rings is 1. The third-order valence-corrected chi connectivity index (χ3v) is 4.94. The number of amides is 3. The molecule has 2 N–H and O–H groups in total. The van der Waals surface area contributed by atoms with Gasteiger partial charge in [0.05, 0.1) is 5.56 Å². The Kier molecular flexibility index (Phi) is 7.31. The monoisotopic (exact) mass is 364 g/mol. The molecule has 6 nitrogen and oxygen atoms in total. The molecule has 0 heterocycles. The van der Waals surface area contributed by atoms with Crippen LogP contribution in [-0.4, -0.2) is 35.8 Å². The Labute approximate surface area is 152 Å². The summed E-state index contributed by atoms with van der Waals surface area (Å²) in [6.45, 7) is 3.44. The molecular weight excluding hydrogens is 340 g/mol. The molecule has 0 saturated heterocycles. The van der Waals surface area contributed by atoms with Crippen LogP contribution in [0.2, 0.25) is 0 Å². The van der Waals surface area contributed by atoms with E-state index in [1.807, 2.05) is 19.1 Å². The number of imide groups is 1. The number of urea groups is 1. The second-order valence-electron chi connectivity index (χ2n) is 5.92. The first-order chi connectivity index (χ1) is 12.0. The number of thioether (sulfide) groups is 1. The lowest BCUT2D eigenvalue weighted by atomic mass is 10.2. The summed E-state index contributed by atoms with van der Waals surface area (Å²) in [6, 6.07) is 6.67. The van der Waals surface area contributed by atoms with Gasteiger partial charge in [-0.2, -0.15) is 0 Å². The zero-order chi connectivity index (χ0) is 18.2. The van der Waals surface area contributed by atoms with Gasteiger partial charge in [0.1, 0.15) is 0 Å². The van der Waals surface area contributed by atoms with Gasteiger partial charge in [-0.15, -0.1) is 11.8 Å². The number of hydrogen-bond acceptors (Lipinski definition) is 5. The minimum absolute atomic E-state index is 0.114. The molecule has 0 bridgehead atoms. The summed E-state index contributed by atoms with van der Waals surface area (Å²) >= 11 is 1.53. The average Bonchev–Trinajstić information content (AvgIpc) is 3.08. The molecule has 0 radical (unpaired) electrons. The predicted molar refractivity (Wildman–Crippen MR) is 96.6 cm³/mol. The van der Waals surface area contributed by atoms with Gasteiger partial charge in [-0.25, -0.2) is 9.59 Å². The third kappa shape index (κ3) is 5.77. The molecule has 1 aliphatic carbocycles. The van der Waals surface area contributed by atoms with Gasteiger partial charge in [-0.05, 0) is 37.7 Å². The number of ether oxygens (including phenoxy) is 1. The van der Waals surface area contributed by atoms with Gasteiger partial charge < -0.3 is 10.1 Å². The summed E-state index contributed by atoms with van der Waals surface area (Å²) < 4.78 is 5.21. The van der Waals surface area contributed by atoms with E-state index >= 15 is 0 Å². The number of esters is 1. The maximum Gasteiger partial charge on any atom is 0.340 e. The first-order valence-corrected chi connectivity index (χ1v) is 9.54. The lowest BCUT2D eigenvalue weighted by Gasteiger charge is -2.16. The normalized spacial score (nSPS) is 15.4. The summed E-state index contributed by atoms with van der Waals surface area (Å²) in [5, 5.41) is 4.99. The molecule has 1 aromatic rings. The molecule has 1 aromatic carbocycles. The van der Waals surface area contributed by atoms with Gasteiger partial charge in [0.25, 0.3) is 5.91 Å². The van der Waals surface area contributed by atoms with Crippen molar-refractivity contribution in [1.82, 2.24) is 10.6 Å². The van der Waals surface area contributed by atoms with Gasteiger partial charge in [-0.3, -0.25) is 10.1 Å². The average molecular weight is 364 g/mol. The summed E-state index contributed by atoms with van der Waals surface area (Å²) in [6.07, 6.45) is 2.97. The van der Waals surface area contributed by atoms with Gasteiger partial charge in [0.2, 0.25) is 0 Å². The van der Waals surface area contributed by atoms with E-state index in [4.69, 9.17) is 4.74 Å². The largest absolute Gasteiger partial charge is 0.449 e. The van der Waals surface area contributed by atoms with Gasteiger partial charge in [-0.1, -0.05) is 31.9 Å². The molecule has 7 heteroatoms. The quantitative estimate of drug-likeness (QED) is 0.598. The van der Waals surface area contributed by atoms with Crippen LogP contribution in [0, 0.1) is 0 Å². The van der Waals surface area contributed by atoms with Crippen molar-refractivity contribution in [2.75, 3.05) is 5.75 Å². The smallest absolute Gasteiger partial charge is 0.340 e. The Bertz CT molecular complexity index is 629. The molecular formula is C18H24N2O4S. The van der Waals surface area contributed by atoms with Crippen molar-refractivity contribution in [3.05, 3.63) is 29.8 Å². The molecule has 3 amide bonds. The van der Waals surface area contributed by atoms with Crippen LogP contribution in [0.4, 0.5) is 4.79 Å². The fourth-order valence-corrected chi connectivity index (χ4v) is 3.49. The second-order valence-corrected chi connectivity index (χ2v) is 7.23. The van der Waals surface area contributed by atoms with E-state index in [0.717, 1.165) is 36.3 Å². The Morgan fingerprint density at radius 1 is 1.24 bits per heavy atom. The van der Waals surface area contributed by atoms with E-state index in [0.29, 0.717) is 5.56 Å². The van der Waals surface area contributed by atoms with Gasteiger partial charge >= 0.3 is 12.0 Å². The lowest BCUT2D eigenvalue weighted by molar-refractivity contribution is -0.127. The van der Waals surface area contributed by atoms with Crippen molar-refractivity contribution in [3.63, 3.8) is 0 Å². The zero-order valence-corrected chi connectivity index (χ0v) is 15.4. The van der Waals surface area contributed by atoms with Crippen LogP contribution in [0.5, 0.6) is 0 Å². The standard InChI is InChI=1S/C18H24N2O4S/c1-3-25-15-11-7-6-10-14(15)17(22)24-12(2)16(21)20-18(23)19-13-8-4-5-9-13/h6-7,10-13H,3-5,8-9H2,1-2H3,(H2,19,20,21,23)/t12-/m0/s1. The molecule has 1 fully saturated rings.